The van der Waals surface area contributed by atoms with E-state index in [2.05, 4.69) is 0 Å². The summed E-state index contributed by atoms with van der Waals surface area (Å²) >= 11 is 0. The lowest BCUT2D eigenvalue weighted by molar-refractivity contribution is -0.0696. The number of benzene rings is 3. The van der Waals surface area contributed by atoms with E-state index in [1.165, 1.54) is 18.1 Å². The molecule has 0 heterocycles. The fourth-order valence-electron chi connectivity index (χ4n) is 2.55. The molecule has 0 aliphatic rings. The van der Waals surface area contributed by atoms with Crippen molar-refractivity contribution >= 4 is 16.7 Å². The zero-order chi connectivity index (χ0) is 21.3. The first-order valence-corrected chi connectivity index (χ1v) is 8.05. The minimum Gasteiger partial charge on any atom is -0.423 e. The highest BCUT2D eigenvalue weighted by Crippen LogP contribution is 2.28. The summed E-state index contributed by atoms with van der Waals surface area (Å²) in [6.07, 6.45) is -4.98. The van der Waals surface area contributed by atoms with Gasteiger partial charge in [-0.1, -0.05) is 23.6 Å². The number of hydrogen-bond donors (Lipinski definition) is 0. The van der Waals surface area contributed by atoms with Gasteiger partial charge < -0.3 is 4.74 Å². The Balaban J connectivity index is 2.04. The number of aryl methyl sites for hydroxylation is 1. The lowest BCUT2D eigenvalue weighted by Crippen LogP contribution is -2.09. The predicted octanol–water partition coefficient (Wildman–Crippen LogP) is 5.70. The molecule has 0 aliphatic carbocycles. The average molecular weight is 408 g/mol. The highest BCUT2D eigenvalue weighted by atomic mass is 19.4. The van der Waals surface area contributed by atoms with E-state index in [1.54, 1.807) is 12.1 Å². The molecule has 0 saturated carbocycles. The number of halogens is 6. The third-order valence-corrected chi connectivity index (χ3v) is 3.88. The summed E-state index contributed by atoms with van der Waals surface area (Å²) in [5, 5.41) is -1.15. The van der Waals surface area contributed by atoms with Gasteiger partial charge in [0.25, 0.3) is 0 Å². The molecule has 0 saturated heterocycles. The largest absolute Gasteiger partial charge is 0.458 e. The molecule has 0 radical (unpaired) electrons. The summed E-state index contributed by atoms with van der Waals surface area (Å²) in [6.45, 7) is 1.82. The molecule has 2 nitrogen and oxygen atoms in total. The van der Waals surface area contributed by atoms with Crippen LogP contribution in [0.1, 0.15) is 21.5 Å². The van der Waals surface area contributed by atoms with E-state index >= 15 is 0 Å². The van der Waals surface area contributed by atoms with Gasteiger partial charge >= 0.3 is 12.1 Å². The summed E-state index contributed by atoms with van der Waals surface area (Å²) in [5.41, 5.74) is -0.635. The van der Waals surface area contributed by atoms with Crippen LogP contribution in [0.25, 0.3) is 10.8 Å². The van der Waals surface area contributed by atoms with Crippen LogP contribution in [-0.4, -0.2) is 12.1 Å². The Morgan fingerprint density at radius 1 is 0.966 bits per heavy atom. The van der Waals surface area contributed by atoms with Gasteiger partial charge in [-0.05, 0) is 42.6 Å². The number of hydrogen-bond acceptors (Lipinski definition) is 2. The Labute approximate surface area is 160 Å². The molecule has 3 aromatic rings. The van der Waals surface area contributed by atoms with E-state index in [1.807, 2.05) is 6.92 Å². The van der Waals surface area contributed by atoms with Gasteiger partial charge in [-0.2, -0.15) is 13.2 Å². The van der Waals surface area contributed by atoms with Crippen LogP contribution in [0.15, 0.2) is 42.5 Å². The Morgan fingerprint density at radius 3 is 2.24 bits per heavy atom. The number of esters is 1. The van der Waals surface area contributed by atoms with Crippen molar-refractivity contribution in [1.29, 1.82) is 0 Å². The van der Waals surface area contributed by atoms with E-state index in [9.17, 15) is 31.1 Å². The smallest absolute Gasteiger partial charge is 0.423 e. The molecule has 0 amide bonds. The van der Waals surface area contributed by atoms with E-state index in [0.717, 1.165) is 17.6 Å². The van der Waals surface area contributed by atoms with Gasteiger partial charge in [-0.25, -0.2) is 18.0 Å². The number of carbonyl (C=O) groups excluding carboxylic acids is 1. The van der Waals surface area contributed by atoms with Crippen LogP contribution in [-0.2, 0) is 0 Å². The third-order valence-electron chi connectivity index (χ3n) is 3.88. The zero-order valence-electron chi connectivity index (χ0n) is 14.6. The van der Waals surface area contributed by atoms with Gasteiger partial charge in [0.1, 0.15) is 17.4 Å². The number of rotatable bonds is 2. The molecule has 148 valence electrons. The molecule has 0 spiro atoms. The molecular weight excluding hydrogens is 398 g/mol. The van der Waals surface area contributed by atoms with Crippen LogP contribution in [0.3, 0.4) is 0 Å². The lowest BCUT2D eigenvalue weighted by atomic mass is 10.0. The van der Waals surface area contributed by atoms with Crippen molar-refractivity contribution in [3.8, 4) is 17.6 Å². The molecule has 8 heteroatoms. The molecular formula is C21H10F6O2. The monoisotopic (exact) mass is 408 g/mol. The molecule has 0 atom stereocenters. The summed E-state index contributed by atoms with van der Waals surface area (Å²) in [6, 6.07) is 8.61. The summed E-state index contributed by atoms with van der Waals surface area (Å²) in [7, 11) is 0. The second-order valence-electron chi connectivity index (χ2n) is 6.05. The van der Waals surface area contributed by atoms with E-state index < -0.39 is 40.5 Å². The Hall–Kier alpha value is -3.47. The van der Waals surface area contributed by atoms with Crippen LogP contribution in [0, 0.1) is 36.2 Å². The van der Waals surface area contributed by atoms with E-state index in [4.69, 9.17) is 4.74 Å². The maximum atomic E-state index is 14.4. The van der Waals surface area contributed by atoms with Gasteiger partial charge in [0.2, 0.25) is 0 Å². The van der Waals surface area contributed by atoms with Crippen molar-refractivity contribution in [2.24, 2.45) is 0 Å². The summed E-state index contributed by atoms with van der Waals surface area (Å²) < 4.78 is 84.5. The summed E-state index contributed by atoms with van der Waals surface area (Å²) in [5.74, 6) is -3.01. The molecule has 3 aromatic carbocycles. The second kappa shape index (κ2) is 7.51. The van der Waals surface area contributed by atoms with Gasteiger partial charge in [-0.3, -0.25) is 0 Å². The molecule has 0 bridgehead atoms. The van der Waals surface area contributed by atoms with Gasteiger partial charge in [0, 0.05) is 5.92 Å². The standard InChI is InChI=1S/C21H10F6O2/c1-11-2-4-14(5-3-11)29-20(28)13-8-12-9-16(22)15(6-7-21(25,26)27)19(24)18(12)17(23)10-13/h2-5,8-10H,1H3. The van der Waals surface area contributed by atoms with Crippen LogP contribution in [0.4, 0.5) is 26.3 Å². The van der Waals surface area contributed by atoms with E-state index in [0.29, 0.717) is 12.1 Å². The van der Waals surface area contributed by atoms with Crippen molar-refractivity contribution in [3.63, 3.8) is 0 Å². The molecule has 0 fully saturated rings. The van der Waals surface area contributed by atoms with Crippen LogP contribution in [0.2, 0.25) is 0 Å². The third kappa shape index (κ3) is 4.51. The second-order valence-corrected chi connectivity index (χ2v) is 6.05. The molecule has 0 aromatic heterocycles. The quantitative estimate of drug-likeness (QED) is 0.235. The maximum Gasteiger partial charge on any atom is 0.458 e. The van der Waals surface area contributed by atoms with Gasteiger partial charge in [0.15, 0.2) is 5.82 Å². The van der Waals surface area contributed by atoms with Crippen molar-refractivity contribution in [2.45, 2.75) is 13.1 Å². The fraction of sp³-hybridized carbons (Fsp3) is 0.0952. The van der Waals surface area contributed by atoms with Gasteiger partial charge in [-0.15, -0.1) is 0 Å². The molecule has 3 rings (SSSR count). The first-order chi connectivity index (χ1) is 13.5. The van der Waals surface area contributed by atoms with E-state index in [-0.39, 0.29) is 16.7 Å². The number of carbonyl (C=O) groups is 1. The summed E-state index contributed by atoms with van der Waals surface area (Å²) in [4.78, 5) is 12.2. The highest BCUT2D eigenvalue weighted by Gasteiger charge is 2.24. The normalized spacial score (nSPS) is 11.1. The number of fused-ring (bicyclic) bond motifs is 1. The fourth-order valence-corrected chi connectivity index (χ4v) is 2.55. The highest BCUT2D eigenvalue weighted by molar-refractivity contribution is 5.97. The molecule has 29 heavy (non-hydrogen) atoms. The van der Waals surface area contributed by atoms with Gasteiger partial charge in [0.05, 0.1) is 16.5 Å². The molecule has 0 unspecified atom stereocenters. The molecule has 0 aliphatic heterocycles. The first-order valence-electron chi connectivity index (χ1n) is 8.05. The zero-order valence-corrected chi connectivity index (χ0v) is 14.6. The van der Waals surface area contributed by atoms with Crippen molar-refractivity contribution in [3.05, 3.63) is 76.6 Å². The van der Waals surface area contributed by atoms with Crippen molar-refractivity contribution in [1.82, 2.24) is 0 Å². The number of ether oxygens (including phenoxy) is 1. The number of alkyl halides is 3. The average Bonchev–Trinajstić information content (AvgIpc) is 2.61. The van der Waals surface area contributed by atoms with Crippen LogP contribution in [0.5, 0.6) is 5.75 Å². The maximum absolute atomic E-state index is 14.4. The molecule has 0 N–H and O–H groups in total. The Morgan fingerprint density at radius 2 is 1.62 bits per heavy atom. The van der Waals surface area contributed by atoms with Crippen molar-refractivity contribution < 1.29 is 35.9 Å². The predicted molar refractivity (Wildman–Crippen MR) is 92.9 cm³/mol. The SMILES string of the molecule is Cc1ccc(OC(=O)c2cc(F)c3c(F)c(C#CC(F)(F)F)c(F)cc3c2)cc1. The van der Waals surface area contributed by atoms with Crippen LogP contribution >= 0.6 is 0 Å². The van der Waals surface area contributed by atoms with Crippen molar-refractivity contribution in [2.75, 3.05) is 0 Å². The first kappa shape index (κ1) is 20.3. The minimum atomic E-state index is -4.98. The Bertz CT molecular complexity index is 1170. The lowest BCUT2D eigenvalue weighted by Gasteiger charge is -2.09. The minimum absolute atomic E-state index is 0.177. The van der Waals surface area contributed by atoms with Crippen LogP contribution < -0.4 is 4.74 Å². The topological polar surface area (TPSA) is 26.3 Å². The Kier molecular flexibility index (Phi) is 5.25.